The number of nitrogens with zero attached hydrogens (tertiary/aromatic N) is 2. The third-order valence-corrected chi connectivity index (χ3v) is 4.47. The van der Waals surface area contributed by atoms with Crippen LogP contribution in [0.4, 0.5) is 4.79 Å². The van der Waals surface area contributed by atoms with E-state index >= 15 is 0 Å². The van der Waals surface area contributed by atoms with Gasteiger partial charge in [0.05, 0.1) is 6.54 Å². The van der Waals surface area contributed by atoms with Crippen LogP contribution < -0.4 is 10.6 Å². The lowest BCUT2D eigenvalue weighted by Crippen LogP contribution is -2.50. The van der Waals surface area contributed by atoms with E-state index in [1.54, 1.807) is 0 Å². The van der Waals surface area contributed by atoms with Crippen LogP contribution in [0, 0.1) is 0 Å². The smallest absolute Gasteiger partial charge is 0.321 e. The lowest BCUT2D eigenvalue weighted by Gasteiger charge is -2.34. The summed E-state index contributed by atoms with van der Waals surface area (Å²) < 4.78 is 0. The predicted octanol–water partition coefficient (Wildman–Crippen LogP) is 2.08. The van der Waals surface area contributed by atoms with Gasteiger partial charge in [-0.2, -0.15) is 0 Å². The molecule has 0 saturated carbocycles. The number of carbonyl (C=O) groups excluding carboxylic acids is 2. The minimum absolute atomic E-state index is 0.250. The molecule has 2 rings (SSSR count). The molecule has 1 saturated heterocycles. The van der Waals surface area contributed by atoms with Crippen LogP contribution in [0.5, 0.6) is 0 Å². The molecule has 2 N–H and O–H groups in total. The van der Waals surface area contributed by atoms with Gasteiger partial charge in [0.25, 0.3) is 0 Å². The molecule has 25 heavy (non-hydrogen) atoms. The lowest BCUT2D eigenvalue weighted by molar-refractivity contribution is -0.121. The minimum atomic E-state index is -0.403. The topological polar surface area (TPSA) is 64.7 Å². The van der Waals surface area contributed by atoms with Crippen molar-refractivity contribution in [2.45, 2.75) is 26.3 Å². The molecule has 0 atom stereocenters. The number of piperazine rings is 1. The van der Waals surface area contributed by atoms with Gasteiger partial charge in [0, 0.05) is 44.3 Å². The van der Waals surface area contributed by atoms with Crippen molar-refractivity contribution >= 4 is 23.5 Å². The largest absolute Gasteiger partial charge is 0.338 e. The summed E-state index contributed by atoms with van der Waals surface area (Å²) in [6, 6.07) is 7.49. The molecule has 7 heteroatoms. The molecule has 0 bridgehead atoms. The number of unbranched alkanes of at least 4 members (excludes halogenated alkanes) is 1. The summed E-state index contributed by atoms with van der Waals surface area (Å²) >= 11 is 5.91. The van der Waals surface area contributed by atoms with Crippen LogP contribution in [0.3, 0.4) is 0 Å². The fourth-order valence-electron chi connectivity index (χ4n) is 2.75. The Bertz CT molecular complexity index is 557. The summed E-state index contributed by atoms with van der Waals surface area (Å²) in [5, 5.41) is 5.82. The summed E-state index contributed by atoms with van der Waals surface area (Å²) in [5.74, 6) is -0.250. The van der Waals surface area contributed by atoms with E-state index in [4.69, 9.17) is 11.6 Å². The van der Waals surface area contributed by atoms with Crippen molar-refractivity contribution in [2.24, 2.45) is 0 Å². The number of imide groups is 1. The number of amides is 3. The van der Waals surface area contributed by atoms with Gasteiger partial charge >= 0.3 is 6.03 Å². The Hall–Kier alpha value is -1.63. The second-order valence-electron chi connectivity index (χ2n) is 6.34. The molecule has 138 valence electrons. The van der Waals surface area contributed by atoms with Crippen molar-refractivity contribution in [2.75, 3.05) is 39.3 Å². The number of benzene rings is 1. The molecule has 0 spiro atoms. The van der Waals surface area contributed by atoms with Gasteiger partial charge in [-0.1, -0.05) is 37.1 Å². The summed E-state index contributed by atoms with van der Waals surface area (Å²) in [7, 11) is 0. The van der Waals surface area contributed by atoms with Gasteiger partial charge in [0.2, 0.25) is 5.91 Å². The molecule has 6 nitrogen and oxygen atoms in total. The summed E-state index contributed by atoms with van der Waals surface area (Å²) in [4.78, 5) is 27.9. The SMILES string of the molecule is CCCCNC(=O)NC(=O)CN1CCN(Cc2ccc(Cl)cc2)CC1. The molecule has 1 heterocycles. The van der Waals surface area contributed by atoms with Crippen molar-refractivity contribution in [3.63, 3.8) is 0 Å². The third kappa shape index (κ3) is 7.42. The first kappa shape index (κ1) is 19.7. The predicted molar refractivity (Wildman–Crippen MR) is 99.6 cm³/mol. The van der Waals surface area contributed by atoms with Crippen molar-refractivity contribution in [3.05, 3.63) is 34.9 Å². The standard InChI is InChI=1S/C18H27ClN4O2/c1-2-3-8-20-18(25)21-17(24)14-23-11-9-22(10-12-23)13-15-4-6-16(19)7-5-15/h4-7H,2-3,8-14H2,1H3,(H2,20,21,24,25). The van der Waals surface area contributed by atoms with Crippen LogP contribution in [-0.2, 0) is 11.3 Å². The van der Waals surface area contributed by atoms with E-state index in [2.05, 4.69) is 27.4 Å². The molecule has 0 unspecified atom stereocenters. The first-order chi connectivity index (χ1) is 12.1. The highest BCUT2D eigenvalue weighted by molar-refractivity contribution is 6.30. The molecule has 0 aromatic heterocycles. The second-order valence-corrected chi connectivity index (χ2v) is 6.77. The Morgan fingerprint density at radius 3 is 2.36 bits per heavy atom. The van der Waals surface area contributed by atoms with E-state index in [1.807, 2.05) is 24.3 Å². The molecule has 3 amide bonds. The zero-order chi connectivity index (χ0) is 18.1. The van der Waals surface area contributed by atoms with E-state index in [1.165, 1.54) is 5.56 Å². The molecular weight excluding hydrogens is 340 g/mol. The van der Waals surface area contributed by atoms with Crippen LogP contribution in [0.1, 0.15) is 25.3 Å². The fraction of sp³-hybridized carbons (Fsp3) is 0.556. The molecule has 1 aromatic rings. The first-order valence-corrected chi connectivity index (χ1v) is 9.21. The van der Waals surface area contributed by atoms with E-state index < -0.39 is 6.03 Å². The van der Waals surface area contributed by atoms with Gasteiger partial charge in [-0.25, -0.2) is 4.79 Å². The Balaban J connectivity index is 1.65. The zero-order valence-corrected chi connectivity index (χ0v) is 15.5. The summed E-state index contributed by atoms with van der Waals surface area (Å²) in [5.41, 5.74) is 1.24. The zero-order valence-electron chi connectivity index (χ0n) is 14.8. The van der Waals surface area contributed by atoms with Crippen LogP contribution in [0.25, 0.3) is 0 Å². The van der Waals surface area contributed by atoms with Crippen LogP contribution in [0.2, 0.25) is 5.02 Å². The minimum Gasteiger partial charge on any atom is -0.338 e. The second kappa shape index (κ2) is 10.4. The van der Waals surface area contributed by atoms with Gasteiger partial charge < -0.3 is 5.32 Å². The monoisotopic (exact) mass is 366 g/mol. The van der Waals surface area contributed by atoms with Crippen LogP contribution in [0.15, 0.2) is 24.3 Å². The van der Waals surface area contributed by atoms with Crippen LogP contribution in [-0.4, -0.2) is 61.0 Å². The van der Waals surface area contributed by atoms with Gasteiger partial charge in [-0.3, -0.25) is 19.9 Å². The Kier molecular flexibility index (Phi) is 8.18. The molecule has 1 aliphatic heterocycles. The highest BCUT2D eigenvalue weighted by Gasteiger charge is 2.19. The molecule has 1 aliphatic rings. The lowest BCUT2D eigenvalue weighted by atomic mass is 10.2. The first-order valence-electron chi connectivity index (χ1n) is 8.83. The van der Waals surface area contributed by atoms with Crippen molar-refractivity contribution in [1.29, 1.82) is 0 Å². The molecule has 1 aromatic carbocycles. The van der Waals surface area contributed by atoms with Gasteiger partial charge in [0.1, 0.15) is 0 Å². The molecule has 1 fully saturated rings. The normalized spacial score (nSPS) is 15.8. The quantitative estimate of drug-likeness (QED) is 0.725. The van der Waals surface area contributed by atoms with Crippen LogP contribution >= 0.6 is 11.6 Å². The average molecular weight is 367 g/mol. The maximum Gasteiger partial charge on any atom is 0.321 e. The average Bonchev–Trinajstić information content (AvgIpc) is 2.59. The van der Waals surface area contributed by atoms with Gasteiger partial charge in [0.15, 0.2) is 0 Å². The number of urea groups is 1. The van der Waals surface area contributed by atoms with Crippen molar-refractivity contribution in [3.8, 4) is 0 Å². The Morgan fingerprint density at radius 2 is 1.72 bits per heavy atom. The number of hydrogen-bond donors (Lipinski definition) is 2. The van der Waals surface area contributed by atoms with E-state index in [-0.39, 0.29) is 12.5 Å². The van der Waals surface area contributed by atoms with E-state index in [0.29, 0.717) is 6.54 Å². The molecular formula is C18H27ClN4O2. The highest BCUT2D eigenvalue weighted by atomic mass is 35.5. The maximum atomic E-state index is 11.9. The van der Waals surface area contributed by atoms with Crippen molar-refractivity contribution in [1.82, 2.24) is 20.4 Å². The number of carbonyl (C=O) groups is 2. The molecule has 0 aliphatic carbocycles. The maximum absolute atomic E-state index is 11.9. The van der Waals surface area contributed by atoms with Gasteiger partial charge in [-0.15, -0.1) is 0 Å². The number of nitrogens with one attached hydrogen (secondary N) is 2. The summed E-state index contributed by atoms with van der Waals surface area (Å²) in [6.45, 7) is 7.23. The Morgan fingerprint density at radius 1 is 1.08 bits per heavy atom. The van der Waals surface area contributed by atoms with Crippen molar-refractivity contribution < 1.29 is 9.59 Å². The number of rotatable bonds is 7. The molecule has 0 radical (unpaired) electrons. The van der Waals surface area contributed by atoms with E-state index in [9.17, 15) is 9.59 Å². The highest BCUT2D eigenvalue weighted by Crippen LogP contribution is 2.12. The fourth-order valence-corrected chi connectivity index (χ4v) is 2.87. The Labute approximate surface area is 154 Å². The number of halogens is 1. The number of hydrogen-bond acceptors (Lipinski definition) is 4. The van der Waals surface area contributed by atoms with E-state index in [0.717, 1.165) is 50.6 Å². The summed E-state index contributed by atoms with van der Waals surface area (Å²) in [6.07, 6.45) is 1.92. The van der Waals surface area contributed by atoms with Gasteiger partial charge in [-0.05, 0) is 24.1 Å². The third-order valence-electron chi connectivity index (χ3n) is 4.22.